The molecular formula is C19H31BCl2N2O6. The van der Waals surface area contributed by atoms with Crippen LogP contribution in [0.4, 0.5) is 0 Å². The van der Waals surface area contributed by atoms with Gasteiger partial charge in [-0.3, -0.25) is 9.69 Å². The van der Waals surface area contributed by atoms with Crippen LogP contribution in [0.15, 0.2) is 24.3 Å². The topological polar surface area (TPSA) is 144 Å². The summed E-state index contributed by atoms with van der Waals surface area (Å²) < 4.78 is 0. The summed E-state index contributed by atoms with van der Waals surface area (Å²) in [5.74, 6) is -2.89. The summed E-state index contributed by atoms with van der Waals surface area (Å²) in [4.78, 5) is 25.0. The van der Waals surface area contributed by atoms with Gasteiger partial charge in [0.2, 0.25) is 0 Å². The minimum absolute atomic E-state index is 0. The van der Waals surface area contributed by atoms with Gasteiger partial charge in [0.15, 0.2) is 0 Å². The number of carbonyl (C=O) groups is 2. The maximum Gasteiger partial charge on any atom is 0.469 e. The van der Waals surface area contributed by atoms with E-state index < -0.39 is 30.9 Å². The lowest BCUT2D eigenvalue weighted by atomic mass is 9.75. The van der Waals surface area contributed by atoms with Crippen molar-refractivity contribution in [2.24, 2.45) is 17.6 Å². The molecule has 1 saturated heterocycles. The summed E-state index contributed by atoms with van der Waals surface area (Å²) >= 11 is 0. The molecule has 0 aromatic heterocycles. The Hall–Kier alpha value is -1.36. The Bertz CT molecular complexity index is 674. The molecule has 0 bridgehead atoms. The number of rotatable bonds is 10. The molecule has 0 spiro atoms. The third-order valence-electron chi connectivity index (χ3n) is 5.53. The van der Waals surface area contributed by atoms with E-state index >= 15 is 0 Å². The molecule has 170 valence electrons. The number of carboxylic acid groups (broad SMARTS) is 2. The average Bonchev–Trinajstić information content (AvgIpc) is 2.65. The summed E-state index contributed by atoms with van der Waals surface area (Å²) in [6.45, 7) is 2.18. The van der Waals surface area contributed by atoms with E-state index in [1.807, 2.05) is 6.07 Å². The number of aliphatic carboxylic acids is 1. The number of benzene rings is 1. The van der Waals surface area contributed by atoms with E-state index in [-0.39, 0.29) is 36.3 Å². The number of hydrogen-bond acceptors (Lipinski definition) is 6. The van der Waals surface area contributed by atoms with Crippen LogP contribution < -0.4 is 5.73 Å². The van der Waals surface area contributed by atoms with Gasteiger partial charge in [-0.05, 0) is 62.4 Å². The molecule has 0 aliphatic carbocycles. The zero-order valence-electron chi connectivity index (χ0n) is 16.7. The second-order valence-electron chi connectivity index (χ2n) is 7.57. The lowest BCUT2D eigenvalue weighted by molar-refractivity contribution is -0.144. The molecule has 11 heteroatoms. The third-order valence-corrected chi connectivity index (χ3v) is 5.53. The fourth-order valence-electron chi connectivity index (χ4n) is 3.86. The van der Waals surface area contributed by atoms with E-state index in [2.05, 4.69) is 4.90 Å². The number of aromatic carboxylic acids is 1. The maximum atomic E-state index is 11.7. The van der Waals surface area contributed by atoms with E-state index in [0.717, 1.165) is 31.5 Å². The van der Waals surface area contributed by atoms with Crippen molar-refractivity contribution in [3.8, 4) is 0 Å². The first-order chi connectivity index (χ1) is 13.3. The lowest BCUT2D eigenvalue weighted by Crippen LogP contribution is -2.39. The molecule has 1 heterocycles. The van der Waals surface area contributed by atoms with E-state index in [4.69, 9.17) is 20.9 Å². The predicted octanol–water partition coefficient (Wildman–Crippen LogP) is 1.65. The van der Waals surface area contributed by atoms with Crippen LogP contribution in [0.3, 0.4) is 0 Å². The van der Waals surface area contributed by atoms with Crippen LogP contribution in [0.2, 0.25) is 0 Å². The van der Waals surface area contributed by atoms with Crippen LogP contribution in [0, 0.1) is 11.8 Å². The molecule has 1 aromatic rings. The van der Waals surface area contributed by atoms with Crippen LogP contribution in [0.1, 0.15) is 48.0 Å². The van der Waals surface area contributed by atoms with Crippen molar-refractivity contribution < 1.29 is 29.9 Å². The maximum absolute atomic E-state index is 11.7. The Morgan fingerprint density at radius 2 is 1.77 bits per heavy atom. The molecule has 1 aromatic carbocycles. The molecule has 2 unspecified atom stereocenters. The van der Waals surface area contributed by atoms with Gasteiger partial charge < -0.3 is 26.0 Å². The Morgan fingerprint density at radius 1 is 1.13 bits per heavy atom. The van der Waals surface area contributed by atoms with Gasteiger partial charge in [0, 0.05) is 12.5 Å². The molecule has 8 nitrogen and oxygen atoms in total. The quantitative estimate of drug-likeness (QED) is 0.328. The zero-order valence-corrected chi connectivity index (χ0v) is 18.4. The van der Waals surface area contributed by atoms with Crippen LogP contribution in [-0.2, 0) is 11.3 Å². The van der Waals surface area contributed by atoms with Crippen molar-refractivity contribution in [3.63, 3.8) is 0 Å². The van der Waals surface area contributed by atoms with Gasteiger partial charge in [-0.25, -0.2) is 4.79 Å². The van der Waals surface area contributed by atoms with E-state index in [1.54, 1.807) is 18.2 Å². The van der Waals surface area contributed by atoms with Crippen molar-refractivity contribution in [3.05, 3.63) is 35.4 Å². The Morgan fingerprint density at radius 3 is 2.30 bits per heavy atom. The smallest absolute Gasteiger partial charge is 0.469 e. The molecule has 0 amide bonds. The van der Waals surface area contributed by atoms with Crippen LogP contribution in [-0.4, -0.2) is 63.2 Å². The molecule has 6 N–H and O–H groups in total. The molecule has 2 rings (SSSR count). The van der Waals surface area contributed by atoms with Gasteiger partial charge in [-0.1, -0.05) is 18.6 Å². The standard InChI is InChI=1S/C19H29BN2O6.2ClH/c21-17(20(27)28)6-2-5-16(19(25)26)14-7-9-22(10-8-14)12-13-3-1-4-15(11-13)18(23)24;;/h1,3-4,11,14,16-17,27-28H,2,5-10,12,21H2,(H,23,24)(H,25,26);2*1H. The van der Waals surface area contributed by atoms with Crippen molar-refractivity contribution in [1.29, 1.82) is 0 Å². The fourth-order valence-corrected chi connectivity index (χ4v) is 3.86. The lowest BCUT2D eigenvalue weighted by Gasteiger charge is -2.34. The number of nitrogens with two attached hydrogens (primary N) is 1. The average molecular weight is 465 g/mol. The molecule has 1 fully saturated rings. The van der Waals surface area contributed by atoms with E-state index in [1.165, 1.54) is 0 Å². The Kier molecular flexibility index (Phi) is 13.2. The molecule has 30 heavy (non-hydrogen) atoms. The summed E-state index contributed by atoms with van der Waals surface area (Å²) in [5.41, 5.74) is 6.79. The second kappa shape index (κ2) is 13.8. The minimum atomic E-state index is -1.58. The summed E-state index contributed by atoms with van der Waals surface area (Å²) in [7, 11) is -1.58. The van der Waals surface area contributed by atoms with Gasteiger partial charge in [0.05, 0.1) is 11.5 Å². The molecular weight excluding hydrogens is 434 g/mol. The number of likely N-dealkylation sites (tertiary alicyclic amines) is 1. The summed E-state index contributed by atoms with van der Waals surface area (Å²) in [6.07, 6.45) is 2.92. The van der Waals surface area contributed by atoms with Gasteiger partial charge >= 0.3 is 19.1 Å². The highest BCUT2D eigenvalue weighted by atomic mass is 35.5. The third kappa shape index (κ3) is 8.79. The summed E-state index contributed by atoms with van der Waals surface area (Å²) in [5, 5.41) is 36.7. The number of halogens is 2. The van der Waals surface area contributed by atoms with Crippen LogP contribution >= 0.6 is 24.8 Å². The second-order valence-corrected chi connectivity index (χ2v) is 7.57. The predicted molar refractivity (Wildman–Crippen MR) is 119 cm³/mol. The monoisotopic (exact) mass is 464 g/mol. The number of hydrogen-bond donors (Lipinski definition) is 5. The first-order valence-electron chi connectivity index (χ1n) is 9.67. The Balaban J connectivity index is 0.00000420. The Labute approximate surface area is 189 Å². The van der Waals surface area contributed by atoms with Crippen molar-refractivity contribution >= 4 is 43.9 Å². The van der Waals surface area contributed by atoms with Crippen LogP contribution in [0.5, 0.6) is 0 Å². The van der Waals surface area contributed by atoms with Gasteiger partial charge in [0.25, 0.3) is 0 Å². The molecule has 0 radical (unpaired) electrons. The van der Waals surface area contributed by atoms with Gasteiger partial charge in [-0.15, -0.1) is 24.8 Å². The first-order valence-corrected chi connectivity index (χ1v) is 9.67. The largest absolute Gasteiger partial charge is 0.481 e. The molecule has 1 aliphatic rings. The number of nitrogens with zero attached hydrogens (tertiary/aromatic N) is 1. The fraction of sp³-hybridized carbons (Fsp3) is 0.579. The normalized spacial score (nSPS) is 16.6. The minimum Gasteiger partial charge on any atom is -0.481 e. The van der Waals surface area contributed by atoms with E-state index in [0.29, 0.717) is 25.8 Å². The first kappa shape index (κ1) is 28.6. The van der Waals surface area contributed by atoms with Crippen molar-refractivity contribution in [2.75, 3.05) is 13.1 Å². The van der Waals surface area contributed by atoms with E-state index in [9.17, 15) is 14.7 Å². The highest BCUT2D eigenvalue weighted by Crippen LogP contribution is 2.30. The highest BCUT2D eigenvalue weighted by molar-refractivity contribution is 6.43. The summed E-state index contributed by atoms with van der Waals surface area (Å²) in [6, 6.07) is 6.88. The highest BCUT2D eigenvalue weighted by Gasteiger charge is 2.31. The van der Waals surface area contributed by atoms with Gasteiger partial charge in [0.1, 0.15) is 0 Å². The number of carboxylic acids is 2. The number of piperidine rings is 1. The SMILES string of the molecule is Cl.Cl.NC(CCCC(C(=O)O)C1CCN(Cc2cccc(C(=O)O)c2)CC1)B(O)O. The van der Waals surface area contributed by atoms with Crippen molar-refractivity contribution in [2.45, 2.75) is 44.6 Å². The van der Waals surface area contributed by atoms with Crippen LogP contribution in [0.25, 0.3) is 0 Å². The molecule has 1 aliphatic heterocycles. The zero-order chi connectivity index (χ0) is 20.7. The van der Waals surface area contributed by atoms with Crippen molar-refractivity contribution in [1.82, 2.24) is 4.90 Å². The van der Waals surface area contributed by atoms with Gasteiger partial charge in [-0.2, -0.15) is 0 Å². The molecule has 0 saturated carbocycles. The molecule has 2 atom stereocenters.